The summed E-state index contributed by atoms with van der Waals surface area (Å²) in [5.74, 6) is -1.32. The first kappa shape index (κ1) is 19.3. The second-order valence-electron chi connectivity index (χ2n) is 6.72. The summed E-state index contributed by atoms with van der Waals surface area (Å²) in [4.78, 5) is 41.0. The number of hydrogen-bond acceptors (Lipinski definition) is 7. The molecule has 150 valence electrons. The molecule has 0 fully saturated rings. The van der Waals surface area contributed by atoms with E-state index in [1.807, 2.05) is 0 Å². The highest BCUT2D eigenvalue weighted by atomic mass is 79.9. The van der Waals surface area contributed by atoms with Gasteiger partial charge in [0.25, 0.3) is 0 Å². The van der Waals surface area contributed by atoms with Crippen molar-refractivity contribution in [2.75, 3.05) is 18.6 Å². The minimum atomic E-state index is -1.84. The third-order valence-electron chi connectivity index (χ3n) is 5.08. The maximum atomic E-state index is 13.7. The molecule has 9 heteroatoms. The van der Waals surface area contributed by atoms with Crippen molar-refractivity contribution >= 4 is 33.5 Å². The van der Waals surface area contributed by atoms with Crippen LogP contribution in [0.3, 0.4) is 0 Å². The van der Waals surface area contributed by atoms with E-state index in [-0.39, 0.29) is 35.1 Å². The first-order valence-electron chi connectivity index (χ1n) is 8.82. The van der Waals surface area contributed by atoms with Crippen molar-refractivity contribution in [3.05, 3.63) is 67.5 Å². The number of amides is 1. The number of rotatable bonds is 2. The molecule has 4 rings (SSSR count). The molecule has 8 nitrogen and oxygen atoms in total. The average Bonchev–Trinajstić information content (AvgIpc) is 2.83. The first-order chi connectivity index (χ1) is 13.7. The van der Waals surface area contributed by atoms with E-state index in [0.29, 0.717) is 15.7 Å². The van der Waals surface area contributed by atoms with Crippen LogP contribution in [0.4, 0.5) is 5.69 Å². The summed E-state index contributed by atoms with van der Waals surface area (Å²) in [7, 11) is 1.56. The number of aryl methyl sites for hydroxylation is 1. The molecule has 1 unspecified atom stereocenters. The van der Waals surface area contributed by atoms with Crippen LogP contribution in [-0.2, 0) is 19.7 Å². The molecule has 2 aromatic rings. The third kappa shape index (κ3) is 2.46. The molecule has 1 amide bonds. The molecule has 0 aliphatic carbocycles. The van der Waals surface area contributed by atoms with E-state index in [0.717, 1.165) is 0 Å². The molecule has 3 heterocycles. The highest BCUT2D eigenvalue weighted by Crippen LogP contribution is 2.54. The minimum absolute atomic E-state index is 0.0520. The Morgan fingerprint density at radius 1 is 1.31 bits per heavy atom. The van der Waals surface area contributed by atoms with Crippen molar-refractivity contribution < 1.29 is 23.5 Å². The molecular weight excluding hydrogens is 444 g/mol. The summed E-state index contributed by atoms with van der Waals surface area (Å²) in [5.41, 5.74) is 4.09. The van der Waals surface area contributed by atoms with Gasteiger partial charge < -0.3 is 24.5 Å². The van der Waals surface area contributed by atoms with Crippen LogP contribution < -0.4 is 21.0 Å². The first-order valence-corrected chi connectivity index (χ1v) is 9.61. The quantitative estimate of drug-likeness (QED) is 0.682. The Hall–Kier alpha value is -3.07. The van der Waals surface area contributed by atoms with Gasteiger partial charge in [0.05, 0.1) is 6.61 Å². The zero-order valence-electron chi connectivity index (χ0n) is 15.9. The summed E-state index contributed by atoms with van der Waals surface area (Å²) in [6.07, 6.45) is 0. The molecule has 2 aliphatic heterocycles. The molecule has 0 radical (unpaired) electrons. The number of anilines is 1. The summed E-state index contributed by atoms with van der Waals surface area (Å²) in [5, 5.41) is 0. The molecule has 1 spiro atoms. The number of halogens is 1. The lowest BCUT2D eigenvalue weighted by atomic mass is 9.69. The molecule has 0 saturated heterocycles. The number of carbonyl (C=O) groups is 2. The van der Waals surface area contributed by atoms with Gasteiger partial charge in [-0.1, -0.05) is 15.9 Å². The Bertz CT molecular complexity index is 1170. The normalized spacial score (nSPS) is 19.9. The number of nitrogens with zero attached hydrogens (tertiary/aromatic N) is 1. The molecule has 1 aromatic heterocycles. The number of likely N-dealkylation sites (N-methyl/N-ethyl adjacent to an activating group) is 1. The molecule has 2 aliphatic rings. The van der Waals surface area contributed by atoms with Crippen molar-refractivity contribution in [3.63, 3.8) is 0 Å². The molecule has 29 heavy (non-hydrogen) atoms. The number of carbonyl (C=O) groups excluding carboxylic acids is 2. The SMILES string of the molecule is CCOC(=O)C1=C(N)Oc2cc(C)oc(=O)c2C12C(=O)N(C)c1ccc(Br)cc12. The number of benzene rings is 1. The maximum Gasteiger partial charge on any atom is 0.344 e. The van der Waals surface area contributed by atoms with Crippen molar-refractivity contribution in [2.24, 2.45) is 5.73 Å². The number of fused-ring (bicyclic) bond motifs is 4. The van der Waals surface area contributed by atoms with Crippen molar-refractivity contribution in [1.29, 1.82) is 0 Å². The fraction of sp³-hybridized carbons (Fsp3) is 0.250. The van der Waals surface area contributed by atoms with E-state index >= 15 is 0 Å². The Labute approximate surface area is 174 Å². The standard InChI is InChI=1S/C20H17BrN2O6/c1-4-27-17(24)15-16(22)29-13-7-9(2)28-18(25)14(13)20(15)11-8-10(21)5-6-12(11)23(3)19(20)26/h5-8H,4,22H2,1-3H3. The van der Waals surface area contributed by atoms with E-state index in [2.05, 4.69) is 15.9 Å². The van der Waals surface area contributed by atoms with Gasteiger partial charge in [-0.2, -0.15) is 0 Å². The Balaban J connectivity index is 2.20. The van der Waals surface area contributed by atoms with Gasteiger partial charge in [-0.15, -0.1) is 0 Å². The number of esters is 1. The van der Waals surface area contributed by atoms with Gasteiger partial charge in [-0.3, -0.25) is 4.79 Å². The van der Waals surface area contributed by atoms with Crippen molar-refractivity contribution in [2.45, 2.75) is 19.3 Å². The van der Waals surface area contributed by atoms with Crippen molar-refractivity contribution in [1.82, 2.24) is 0 Å². The maximum absolute atomic E-state index is 13.7. The zero-order valence-corrected chi connectivity index (χ0v) is 17.5. The van der Waals surface area contributed by atoms with E-state index in [1.54, 1.807) is 39.1 Å². The van der Waals surface area contributed by atoms with Crippen LogP contribution in [0, 0.1) is 6.92 Å². The largest absolute Gasteiger partial charge is 0.462 e. The zero-order chi connectivity index (χ0) is 21.1. The molecule has 0 saturated carbocycles. The lowest BCUT2D eigenvalue weighted by molar-refractivity contribution is -0.140. The highest BCUT2D eigenvalue weighted by Gasteiger charge is 2.62. The van der Waals surface area contributed by atoms with Gasteiger partial charge >= 0.3 is 11.6 Å². The van der Waals surface area contributed by atoms with E-state index in [1.165, 1.54) is 11.0 Å². The number of ether oxygens (including phenoxy) is 2. The highest BCUT2D eigenvalue weighted by molar-refractivity contribution is 9.10. The fourth-order valence-corrected chi connectivity index (χ4v) is 4.36. The summed E-state index contributed by atoms with van der Waals surface area (Å²) in [6, 6.07) is 6.63. The second kappa shape index (κ2) is 6.48. The average molecular weight is 461 g/mol. The second-order valence-corrected chi connectivity index (χ2v) is 7.64. The summed E-state index contributed by atoms with van der Waals surface area (Å²) >= 11 is 3.40. The lowest BCUT2D eigenvalue weighted by Crippen LogP contribution is -2.50. The Kier molecular flexibility index (Phi) is 4.30. The smallest absolute Gasteiger partial charge is 0.344 e. The molecule has 2 N–H and O–H groups in total. The molecule has 0 bridgehead atoms. The van der Waals surface area contributed by atoms with E-state index in [9.17, 15) is 14.4 Å². The topological polar surface area (TPSA) is 112 Å². The minimum Gasteiger partial charge on any atom is -0.462 e. The number of nitrogens with two attached hydrogens (primary N) is 1. The van der Waals surface area contributed by atoms with E-state index in [4.69, 9.17) is 19.6 Å². The van der Waals surface area contributed by atoms with Gasteiger partial charge in [0.15, 0.2) is 0 Å². The predicted octanol–water partition coefficient (Wildman–Crippen LogP) is 2.10. The summed E-state index contributed by atoms with van der Waals surface area (Å²) < 4.78 is 16.7. The van der Waals surface area contributed by atoms with Gasteiger partial charge in [0.1, 0.15) is 28.1 Å². The lowest BCUT2D eigenvalue weighted by Gasteiger charge is -2.34. The number of hydrogen-bond donors (Lipinski definition) is 1. The summed E-state index contributed by atoms with van der Waals surface area (Å²) in [6.45, 7) is 3.26. The Morgan fingerprint density at radius 3 is 2.72 bits per heavy atom. The fourth-order valence-electron chi connectivity index (χ4n) is 4.00. The monoisotopic (exact) mass is 460 g/mol. The van der Waals surface area contributed by atoms with Crippen LogP contribution in [0.15, 0.2) is 49.4 Å². The molecule has 1 atom stereocenters. The van der Waals surface area contributed by atoms with Crippen LogP contribution in [0.25, 0.3) is 0 Å². The molecule has 1 aromatic carbocycles. The van der Waals surface area contributed by atoms with Crippen LogP contribution >= 0.6 is 15.9 Å². The van der Waals surface area contributed by atoms with Crippen LogP contribution in [0.2, 0.25) is 0 Å². The van der Waals surface area contributed by atoms with Crippen LogP contribution in [0.1, 0.15) is 23.8 Å². The van der Waals surface area contributed by atoms with Crippen LogP contribution in [-0.4, -0.2) is 25.5 Å². The predicted molar refractivity (Wildman–Crippen MR) is 107 cm³/mol. The Morgan fingerprint density at radius 2 is 2.03 bits per heavy atom. The van der Waals surface area contributed by atoms with E-state index < -0.39 is 22.9 Å². The molecular formula is C20H17BrN2O6. The van der Waals surface area contributed by atoms with Gasteiger partial charge in [0, 0.05) is 28.8 Å². The van der Waals surface area contributed by atoms with Crippen LogP contribution in [0.5, 0.6) is 5.75 Å². The van der Waals surface area contributed by atoms with Gasteiger partial charge in [-0.25, -0.2) is 9.59 Å². The van der Waals surface area contributed by atoms with Gasteiger partial charge in [0.2, 0.25) is 11.8 Å². The van der Waals surface area contributed by atoms with Gasteiger partial charge in [-0.05, 0) is 32.0 Å². The van der Waals surface area contributed by atoms with Crippen molar-refractivity contribution in [3.8, 4) is 5.75 Å². The third-order valence-corrected chi connectivity index (χ3v) is 5.58.